The second-order valence-corrected chi connectivity index (χ2v) is 10.3. The van der Waals surface area contributed by atoms with E-state index in [2.05, 4.69) is 20.3 Å². The van der Waals surface area contributed by atoms with Crippen LogP contribution in [-0.4, -0.2) is 46.0 Å². The molecule has 1 aliphatic heterocycles. The van der Waals surface area contributed by atoms with E-state index in [0.717, 1.165) is 37.3 Å². The summed E-state index contributed by atoms with van der Waals surface area (Å²) in [5, 5.41) is 4.00. The van der Waals surface area contributed by atoms with Crippen LogP contribution in [0.1, 0.15) is 72.6 Å². The number of carbonyl (C=O) groups excluding carboxylic acids is 1. The smallest absolute Gasteiger partial charge is 0.416 e. The molecule has 1 saturated heterocycles. The lowest BCUT2D eigenvalue weighted by molar-refractivity contribution is -0.138. The number of fused-ring (bicyclic) bond motifs is 1. The van der Waals surface area contributed by atoms with Gasteiger partial charge in [-0.25, -0.2) is 9.97 Å². The van der Waals surface area contributed by atoms with Crippen molar-refractivity contribution in [2.75, 3.05) is 25.5 Å². The highest BCUT2D eigenvalue weighted by Gasteiger charge is 2.36. The van der Waals surface area contributed by atoms with E-state index in [9.17, 15) is 18.0 Å². The summed E-state index contributed by atoms with van der Waals surface area (Å²) in [6.45, 7) is 6.45. The fourth-order valence-electron chi connectivity index (χ4n) is 5.44. The van der Waals surface area contributed by atoms with Gasteiger partial charge in [-0.1, -0.05) is 12.1 Å². The molecule has 10 heteroatoms. The molecule has 2 aromatic heterocycles. The van der Waals surface area contributed by atoms with Crippen LogP contribution in [0.5, 0.6) is 5.88 Å². The van der Waals surface area contributed by atoms with Crippen molar-refractivity contribution < 1.29 is 22.7 Å². The summed E-state index contributed by atoms with van der Waals surface area (Å²) in [5.74, 6) is 2.12. The average molecular weight is 528 g/mol. The second-order valence-electron chi connectivity index (χ2n) is 10.3. The summed E-state index contributed by atoms with van der Waals surface area (Å²) in [6, 6.07) is 5.76. The summed E-state index contributed by atoms with van der Waals surface area (Å²) in [7, 11) is 1.58. The number of amides is 1. The van der Waals surface area contributed by atoms with Gasteiger partial charge in [-0.15, -0.1) is 0 Å². The van der Waals surface area contributed by atoms with Crippen molar-refractivity contribution in [1.82, 2.24) is 19.9 Å². The summed E-state index contributed by atoms with van der Waals surface area (Å²) in [6.07, 6.45) is -0.829. The largest absolute Gasteiger partial charge is 0.481 e. The van der Waals surface area contributed by atoms with Gasteiger partial charge in [0.25, 0.3) is 0 Å². The molecule has 3 aromatic rings. The van der Waals surface area contributed by atoms with E-state index in [0.29, 0.717) is 47.2 Å². The third-order valence-electron chi connectivity index (χ3n) is 7.66. The Balaban J connectivity index is 1.46. The number of aromatic nitrogens is 3. The fourth-order valence-corrected chi connectivity index (χ4v) is 5.44. The van der Waals surface area contributed by atoms with Gasteiger partial charge in [-0.3, -0.25) is 4.79 Å². The minimum atomic E-state index is -4.42. The molecule has 202 valence electrons. The molecule has 1 amide bonds. The number of nitrogens with zero attached hydrogens (tertiary/aromatic N) is 4. The predicted molar refractivity (Wildman–Crippen MR) is 138 cm³/mol. The number of methoxy groups -OCH3 is 1. The van der Waals surface area contributed by atoms with Gasteiger partial charge >= 0.3 is 6.18 Å². The van der Waals surface area contributed by atoms with Crippen LogP contribution in [0.2, 0.25) is 0 Å². The van der Waals surface area contributed by atoms with Gasteiger partial charge in [0.1, 0.15) is 11.6 Å². The number of pyridine rings is 1. The Morgan fingerprint density at radius 3 is 2.45 bits per heavy atom. The van der Waals surface area contributed by atoms with Crippen LogP contribution in [0.15, 0.2) is 24.3 Å². The van der Waals surface area contributed by atoms with E-state index in [-0.39, 0.29) is 23.3 Å². The molecule has 7 nitrogen and oxygen atoms in total. The van der Waals surface area contributed by atoms with Crippen molar-refractivity contribution in [3.63, 3.8) is 0 Å². The van der Waals surface area contributed by atoms with Gasteiger partial charge in [0, 0.05) is 24.6 Å². The third-order valence-corrected chi connectivity index (χ3v) is 7.66. The third kappa shape index (κ3) is 5.13. The van der Waals surface area contributed by atoms with Crippen LogP contribution in [0.25, 0.3) is 11.0 Å². The number of alkyl halides is 3. The highest BCUT2D eigenvalue weighted by molar-refractivity contribution is 5.88. The Morgan fingerprint density at radius 1 is 1.11 bits per heavy atom. The molecule has 1 saturated carbocycles. The fraction of sp³-hybridized carbons (Fsp3) is 0.500. The molecule has 3 heterocycles. The summed E-state index contributed by atoms with van der Waals surface area (Å²) in [4.78, 5) is 28.2. The molecule has 2 aliphatic rings. The number of aryl methyl sites for hydroxylation is 1. The van der Waals surface area contributed by atoms with Crippen LogP contribution >= 0.6 is 0 Å². The highest BCUT2D eigenvalue weighted by atomic mass is 19.4. The zero-order valence-electron chi connectivity index (χ0n) is 22.0. The molecule has 0 bridgehead atoms. The van der Waals surface area contributed by atoms with Crippen LogP contribution < -0.4 is 10.1 Å². The first-order chi connectivity index (χ1) is 18.1. The topological polar surface area (TPSA) is 80.2 Å². The highest BCUT2D eigenvalue weighted by Crippen LogP contribution is 2.39. The van der Waals surface area contributed by atoms with Gasteiger partial charge in [-0.2, -0.15) is 18.2 Å². The number of halogens is 3. The molecular weight excluding hydrogens is 495 g/mol. The number of rotatable bonds is 6. The molecule has 38 heavy (non-hydrogen) atoms. The predicted octanol–water partition coefficient (Wildman–Crippen LogP) is 5.96. The summed E-state index contributed by atoms with van der Waals surface area (Å²) < 4.78 is 46.1. The van der Waals surface area contributed by atoms with E-state index in [1.165, 1.54) is 13.0 Å². The van der Waals surface area contributed by atoms with Gasteiger partial charge in [0.2, 0.25) is 11.8 Å². The normalized spacial score (nSPS) is 17.5. The number of anilines is 1. The first-order valence-electron chi connectivity index (χ1n) is 13.0. The van der Waals surface area contributed by atoms with Crippen molar-refractivity contribution in [3.05, 3.63) is 52.3 Å². The van der Waals surface area contributed by atoms with Crippen molar-refractivity contribution in [2.24, 2.45) is 5.92 Å². The molecule has 1 N–H and O–H groups in total. The number of likely N-dealkylation sites (tertiary alicyclic amines) is 1. The molecule has 1 atom stereocenters. The quantitative estimate of drug-likeness (QED) is 0.426. The van der Waals surface area contributed by atoms with E-state index < -0.39 is 17.8 Å². The summed E-state index contributed by atoms with van der Waals surface area (Å²) in [5.41, 5.74) is 1.46. The summed E-state index contributed by atoms with van der Waals surface area (Å²) >= 11 is 0. The van der Waals surface area contributed by atoms with E-state index in [1.807, 2.05) is 17.9 Å². The lowest BCUT2D eigenvalue weighted by atomic mass is 9.89. The standard InChI is InChI=1S/C28H32F3N5O2/c1-15-20(6-5-7-23(15)28(29,30)31)16(2)32-24-22-14-21(26(38-4)35-25(22)34-17(3)33-24)18-10-12-36(13-11-18)27(37)19-8-9-19/h5-7,14,16,18-19H,8-13H2,1-4H3,(H,32,33,34,35)/t16-/m1/s1. The van der Waals surface area contributed by atoms with Crippen molar-refractivity contribution in [2.45, 2.75) is 64.6 Å². The number of hydrogen-bond acceptors (Lipinski definition) is 6. The van der Waals surface area contributed by atoms with Crippen molar-refractivity contribution in [1.29, 1.82) is 0 Å². The van der Waals surface area contributed by atoms with Crippen molar-refractivity contribution >= 4 is 22.8 Å². The monoisotopic (exact) mass is 527 g/mol. The molecule has 5 rings (SSSR count). The van der Waals surface area contributed by atoms with E-state index in [4.69, 9.17) is 4.74 Å². The Labute approximate surface area is 219 Å². The van der Waals surface area contributed by atoms with Crippen LogP contribution in [-0.2, 0) is 11.0 Å². The number of hydrogen-bond donors (Lipinski definition) is 1. The van der Waals surface area contributed by atoms with Gasteiger partial charge in [-0.05, 0) is 75.6 Å². The van der Waals surface area contributed by atoms with Gasteiger partial charge in [0.05, 0.1) is 24.1 Å². The number of nitrogens with one attached hydrogen (secondary N) is 1. The maximum absolute atomic E-state index is 13.5. The lowest BCUT2D eigenvalue weighted by Gasteiger charge is -2.32. The molecule has 0 spiro atoms. The Morgan fingerprint density at radius 2 is 1.82 bits per heavy atom. The minimum Gasteiger partial charge on any atom is -0.481 e. The Kier molecular flexibility index (Phi) is 6.92. The Bertz CT molecular complexity index is 1360. The molecule has 2 fully saturated rings. The molecule has 0 unspecified atom stereocenters. The molecule has 1 aromatic carbocycles. The number of benzene rings is 1. The number of ether oxygens (including phenoxy) is 1. The SMILES string of the molecule is COc1nc2nc(C)nc(N[C@H](C)c3cccc(C(F)(F)F)c3C)c2cc1C1CCN(C(=O)C2CC2)CC1. The Hall–Kier alpha value is -3.43. The van der Waals surface area contributed by atoms with Crippen molar-refractivity contribution in [3.8, 4) is 5.88 Å². The number of piperidine rings is 1. The lowest BCUT2D eigenvalue weighted by Crippen LogP contribution is -2.38. The molecular formula is C28H32F3N5O2. The molecule has 0 radical (unpaired) electrons. The second kappa shape index (κ2) is 10.0. The van der Waals surface area contributed by atoms with Crippen LogP contribution in [0.4, 0.5) is 19.0 Å². The maximum atomic E-state index is 13.5. The zero-order chi connectivity index (χ0) is 27.2. The van der Waals surface area contributed by atoms with E-state index >= 15 is 0 Å². The minimum absolute atomic E-state index is 0.155. The number of carbonyl (C=O) groups is 1. The zero-order valence-corrected chi connectivity index (χ0v) is 22.0. The van der Waals surface area contributed by atoms with E-state index in [1.54, 1.807) is 20.1 Å². The maximum Gasteiger partial charge on any atom is 0.416 e. The van der Waals surface area contributed by atoms with Crippen LogP contribution in [0.3, 0.4) is 0 Å². The van der Waals surface area contributed by atoms with Gasteiger partial charge in [0.15, 0.2) is 5.65 Å². The molecule has 1 aliphatic carbocycles. The first-order valence-corrected chi connectivity index (χ1v) is 13.0. The average Bonchev–Trinajstić information content (AvgIpc) is 3.72. The van der Waals surface area contributed by atoms with Crippen LogP contribution in [0, 0.1) is 19.8 Å². The first kappa shape index (κ1) is 26.2. The van der Waals surface area contributed by atoms with Gasteiger partial charge < -0.3 is 15.0 Å².